The maximum atomic E-state index is 6.35. The van der Waals surface area contributed by atoms with E-state index in [1.807, 2.05) is 60.7 Å². The van der Waals surface area contributed by atoms with Gasteiger partial charge in [-0.05, 0) is 65.7 Å². The molecule has 0 spiro atoms. The molecule has 0 radical (unpaired) electrons. The number of benzene rings is 7. The summed E-state index contributed by atoms with van der Waals surface area (Å²) in [6.07, 6.45) is 1.76. The average Bonchev–Trinajstić information content (AvgIpc) is 3.96. The minimum Gasteiger partial charge on any atom is -0.456 e. The zero-order chi connectivity index (χ0) is 37.5. The summed E-state index contributed by atoms with van der Waals surface area (Å²) in [4.78, 5) is 20.6. The van der Waals surface area contributed by atoms with Crippen LogP contribution in [0.25, 0.3) is 117 Å². The minimum absolute atomic E-state index is 0.551. The smallest absolute Gasteiger partial charge is 0.227 e. The van der Waals surface area contributed by atoms with Crippen molar-refractivity contribution in [1.82, 2.24) is 24.5 Å². The van der Waals surface area contributed by atoms with Crippen LogP contribution in [0, 0.1) is 0 Å². The van der Waals surface area contributed by atoms with Crippen molar-refractivity contribution < 1.29 is 8.83 Å². The van der Waals surface area contributed by atoms with Gasteiger partial charge in [-0.1, -0.05) is 115 Å². The van der Waals surface area contributed by atoms with Crippen molar-refractivity contribution in [2.45, 2.75) is 0 Å². The Morgan fingerprint density at radius 1 is 0.351 bits per heavy atom. The van der Waals surface area contributed by atoms with Gasteiger partial charge in [0.1, 0.15) is 16.7 Å². The number of furan rings is 2. The van der Waals surface area contributed by atoms with Crippen molar-refractivity contribution in [3.05, 3.63) is 176 Å². The first-order valence-electron chi connectivity index (χ1n) is 18.9. The van der Waals surface area contributed by atoms with E-state index in [0.29, 0.717) is 23.2 Å². The maximum Gasteiger partial charge on any atom is 0.227 e. The largest absolute Gasteiger partial charge is 0.456 e. The zero-order valence-electron chi connectivity index (χ0n) is 30.3. The number of pyridine rings is 1. The fourth-order valence-corrected chi connectivity index (χ4v) is 8.54. The number of rotatable bonds is 5. The van der Waals surface area contributed by atoms with Crippen molar-refractivity contribution in [1.29, 1.82) is 0 Å². The number of fused-ring (bicyclic) bond motifs is 9. The van der Waals surface area contributed by atoms with Crippen LogP contribution < -0.4 is 0 Å². The molecule has 5 aromatic heterocycles. The lowest BCUT2D eigenvalue weighted by molar-refractivity contribution is 0.654. The lowest BCUT2D eigenvalue weighted by Gasteiger charge is -2.16. The molecular formula is C50H29N5O2. The molecule has 5 heterocycles. The second-order valence-electron chi connectivity index (χ2n) is 14.2. The first-order valence-corrected chi connectivity index (χ1v) is 18.9. The molecule has 7 heteroatoms. The number of aromatic nitrogens is 5. The summed E-state index contributed by atoms with van der Waals surface area (Å²) >= 11 is 0. The number of nitrogens with zero attached hydrogens (tertiary/aromatic N) is 5. The molecule has 0 unspecified atom stereocenters. The third-order valence-electron chi connectivity index (χ3n) is 11.0. The predicted molar refractivity (Wildman–Crippen MR) is 228 cm³/mol. The van der Waals surface area contributed by atoms with E-state index in [-0.39, 0.29) is 0 Å². The Morgan fingerprint density at radius 3 is 1.63 bits per heavy atom. The van der Waals surface area contributed by atoms with Gasteiger partial charge < -0.3 is 13.4 Å². The Bertz CT molecular complexity index is 3500. The molecule has 57 heavy (non-hydrogen) atoms. The van der Waals surface area contributed by atoms with Gasteiger partial charge in [0.2, 0.25) is 5.71 Å². The topological polar surface area (TPSA) is 82.8 Å². The molecule has 0 aliphatic carbocycles. The summed E-state index contributed by atoms with van der Waals surface area (Å²) in [6.45, 7) is 0. The maximum absolute atomic E-state index is 6.35. The van der Waals surface area contributed by atoms with E-state index in [9.17, 15) is 0 Å². The molecule has 0 saturated carbocycles. The highest BCUT2D eigenvalue weighted by Gasteiger charge is 2.23. The van der Waals surface area contributed by atoms with Gasteiger partial charge in [0.05, 0.1) is 16.7 Å². The van der Waals surface area contributed by atoms with E-state index in [2.05, 4.69) is 119 Å². The quantitative estimate of drug-likeness (QED) is 0.175. The molecule has 0 saturated heterocycles. The first kappa shape index (κ1) is 31.5. The summed E-state index contributed by atoms with van der Waals surface area (Å²) in [5.74, 6) is 1.66. The number of para-hydroxylation sites is 4. The number of hydrogen-bond acceptors (Lipinski definition) is 6. The van der Waals surface area contributed by atoms with Gasteiger partial charge in [0, 0.05) is 55.2 Å². The minimum atomic E-state index is 0.551. The molecular weight excluding hydrogens is 703 g/mol. The molecule has 0 amide bonds. The Hall–Kier alpha value is -7.90. The zero-order valence-corrected chi connectivity index (χ0v) is 30.3. The molecule has 0 bridgehead atoms. The number of hydrogen-bond donors (Lipinski definition) is 0. The normalized spacial score (nSPS) is 11.9. The lowest BCUT2D eigenvalue weighted by Crippen LogP contribution is -2.04. The van der Waals surface area contributed by atoms with Crippen LogP contribution in [0.15, 0.2) is 185 Å². The van der Waals surface area contributed by atoms with E-state index in [1.54, 1.807) is 6.20 Å². The predicted octanol–water partition coefficient (Wildman–Crippen LogP) is 12.8. The van der Waals surface area contributed by atoms with Crippen LogP contribution in [0.4, 0.5) is 0 Å². The molecule has 0 fully saturated rings. The Morgan fingerprint density at radius 2 is 0.860 bits per heavy atom. The Balaban J connectivity index is 1.16. The molecule has 0 atom stereocenters. The fourth-order valence-electron chi connectivity index (χ4n) is 8.54. The molecule has 12 aromatic rings. The van der Waals surface area contributed by atoms with Crippen molar-refractivity contribution in [3.8, 4) is 51.0 Å². The SMILES string of the molecule is c1ccc(-c2cccc3oc4ncccc4c23)c(-c2nc(-c3ccccc3-n3c4ccccc4c4ccccc43)nc(-c3cccc4oc5ccccc5c34)n2)c1. The van der Waals surface area contributed by atoms with E-state index in [0.717, 1.165) is 82.8 Å². The molecule has 0 N–H and O–H groups in total. The van der Waals surface area contributed by atoms with Crippen LogP contribution in [0.2, 0.25) is 0 Å². The summed E-state index contributed by atoms with van der Waals surface area (Å²) in [7, 11) is 0. The van der Waals surface area contributed by atoms with Crippen LogP contribution in [0.5, 0.6) is 0 Å². The van der Waals surface area contributed by atoms with Crippen LogP contribution in [-0.4, -0.2) is 24.5 Å². The molecule has 12 rings (SSSR count). The average molecular weight is 732 g/mol. The molecule has 0 aliphatic heterocycles. The Kier molecular flexibility index (Phi) is 6.79. The fraction of sp³-hybridized carbons (Fsp3) is 0. The van der Waals surface area contributed by atoms with Crippen molar-refractivity contribution in [2.75, 3.05) is 0 Å². The first-order chi connectivity index (χ1) is 28.3. The van der Waals surface area contributed by atoms with Crippen molar-refractivity contribution in [2.24, 2.45) is 0 Å². The third kappa shape index (κ3) is 4.79. The highest BCUT2D eigenvalue weighted by atomic mass is 16.3. The highest BCUT2D eigenvalue weighted by Crippen LogP contribution is 2.42. The standard InChI is InChI=1S/C50H29N5O2/c1-2-17-34(30(14-1)33-20-11-28-44-45(33)38-22-13-29-51-50(38)57-44)47-52-48(54-49(53-47)37-21-12-27-43-46(37)36-19-6-10-26-42(36)56-43)35-18-5-9-25-41(35)55-39-23-7-3-15-31(39)32-16-4-8-24-40(32)55/h1-29H. The van der Waals surface area contributed by atoms with E-state index >= 15 is 0 Å². The van der Waals surface area contributed by atoms with Gasteiger partial charge in [-0.2, -0.15) is 0 Å². The summed E-state index contributed by atoms with van der Waals surface area (Å²) in [5, 5.41) is 6.28. The summed E-state index contributed by atoms with van der Waals surface area (Å²) in [6, 6.07) is 58.1. The van der Waals surface area contributed by atoms with Gasteiger partial charge in [0.15, 0.2) is 17.5 Å². The summed E-state index contributed by atoms with van der Waals surface area (Å²) in [5.41, 5.74) is 10.7. The van der Waals surface area contributed by atoms with Gasteiger partial charge in [-0.15, -0.1) is 0 Å². The van der Waals surface area contributed by atoms with Gasteiger partial charge in [0.25, 0.3) is 0 Å². The van der Waals surface area contributed by atoms with Gasteiger partial charge in [-0.3, -0.25) is 0 Å². The highest BCUT2D eigenvalue weighted by molar-refractivity contribution is 6.14. The second-order valence-corrected chi connectivity index (χ2v) is 14.2. The third-order valence-corrected chi connectivity index (χ3v) is 11.0. The van der Waals surface area contributed by atoms with Gasteiger partial charge >= 0.3 is 0 Å². The van der Waals surface area contributed by atoms with Crippen LogP contribution >= 0.6 is 0 Å². The van der Waals surface area contributed by atoms with Gasteiger partial charge in [-0.25, -0.2) is 19.9 Å². The molecule has 266 valence electrons. The van der Waals surface area contributed by atoms with E-state index < -0.39 is 0 Å². The molecule has 7 aromatic carbocycles. The van der Waals surface area contributed by atoms with Crippen LogP contribution in [0.1, 0.15) is 0 Å². The lowest BCUT2D eigenvalue weighted by atomic mass is 9.95. The van der Waals surface area contributed by atoms with Crippen molar-refractivity contribution >= 4 is 65.8 Å². The van der Waals surface area contributed by atoms with Crippen LogP contribution in [-0.2, 0) is 0 Å². The van der Waals surface area contributed by atoms with Crippen molar-refractivity contribution in [3.63, 3.8) is 0 Å². The molecule has 0 aliphatic rings. The molecule has 7 nitrogen and oxygen atoms in total. The summed E-state index contributed by atoms with van der Waals surface area (Å²) < 4.78 is 14.9. The van der Waals surface area contributed by atoms with Crippen LogP contribution in [0.3, 0.4) is 0 Å². The Labute approximate surface area is 325 Å². The van der Waals surface area contributed by atoms with E-state index in [1.165, 1.54) is 10.8 Å². The van der Waals surface area contributed by atoms with E-state index in [4.69, 9.17) is 23.8 Å². The monoisotopic (exact) mass is 731 g/mol. The second kappa shape index (κ2) is 12.3.